The van der Waals surface area contributed by atoms with Gasteiger partial charge in [-0.05, 0) is 23.9 Å². The van der Waals surface area contributed by atoms with Crippen molar-refractivity contribution < 1.29 is 39.5 Å². The molecule has 0 unspecified atom stereocenters. The highest BCUT2D eigenvalue weighted by Gasteiger charge is 2.81. The number of imidazole rings is 1. The number of nitrogens with zero attached hydrogens (tertiary/aromatic N) is 2. The zero-order valence-electron chi connectivity index (χ0n) is 15.7. The first-order valence-corrected chi connectivity index (χ1v) is 10.1. The first kappa shape index (κ1) is 26.5. The van der Waals surface area contributed by atoms with Crippen LogP contribution in [0.3, 0.4) is 0 Å². The highest BCUT2D eigenvalue weighted by Crippen LogP contribution is 2.54. The molecule has 0 aliphatic rings. The van der Waals surface area contributed by atoms with Crippen LogP contribution in [0.2, 0.25) is 0 Å². The summed E-state index contributed by atoms with van der Waals surface area (Å²) in [6, 6.07) is 0. The Morgan fingerprint density at radius 3 is 1.76 bits per heavy atom. The van der Waals surface area contributed by atoms with Crippen LogP contribution in [0, 0.1) is 10.2 Å². The maximum Gasteiger partial charge on any atom is 0.460 e. The van der Waals surface area contributed by atoms with Crippen LogP contribution in [0.1, 0.15) is 27.2 Å². The van der Waals surface area contributed by atoms with E-state index in [-0.39, 0.29) is 26.8 Å². The lowest BCUT2D eigenvalue weighted by Gasteiger charge is -2.33. The van der Waals surface area contributed by atoms with Crippen molar-refractivity contribution in [1.29, 1.82) is 0 Å². The van der Waals surface area contributed by atoms with Crippen molar-refractivity contribution in [2.45, 2.75) is 74.3 Å². The molecule has 1 aromatic heterocycles. The van der Waals surface area contributed by atoms with Crippen LogP contribution in [0.4, 0.5) is 39.5 Å². The third-order valence-electron chi connectivity index (χ3n) is 3.84. The van der Waals surface area contributed by atoms with Gasteiger partial charge in [0.05, 0.1) is 0 Å². The average Bonchev–Trinajstić information content (AvgIpc) is 2.73. The number of alkyl halides is 9. The molecule has 0 radical (unpaired) electrons. The third kappa shape index (κ3) is 5.05. The number of hydrogen-bond donors (Lipinski definition) is 1. The Kier molecular flexibility index (Phi) is 7.51. The van der Waals surface area contributed by atoms with E-state index >= 15 is 0 Å². The van der Waals surface area contributed by atoms with E-state index in [1.807, 2.05) is 20.8 Å². The second kappa shape index (κ2) is 8.21. The summed E-state index contributed by atoms with van der Waals surface area (Å²) in [7, 11) is 0. The molecule has 1 aromatic rings. The fraction of sp³-hybridized carbons (Fsp3) is 0.800. The monoisotopic (exact) mass is 494 g/mol. The minimum atomic E-state index is -6.90. The summed E-state index contributed by atoms with van der Waals surface area (Å²) in [4.78, 5) is 0. The van der Waals surface area contributed by atoms with Gasteiger partial charge in [-0.2, -0.15) is 39.5 Å². The van der Waals surface area contributed by atoms with Crippen molar-refractivity contribution in [3.63, 3.8) is 0 Å². The quantitative estimate of drug-likeness (QED) is 0.191. The molecule has 2 nitrogen and oxygen atoms in total. The van der Waals surface area contributed by atoms with Crippen LogP contribution >= 0.6 is 36.6 Å². The van der Waals surface area contributed by atoms with E-state index in [4.69, 9.17) is 12.2 Å². The lowest BCUT2D eigenvalue weighted by Crippen LogP contribution is -2.61. The number of thioether (sulfide) groups is 1. The molecule has 0 saturated heterocycles. The molecule has 0 saturated carbocycles. The Hall–Kier alpha value is -0.500. The van der Waals surface area contributed by atoms with Crippen molar-refractivity contribution >= 4 is 36.6 Å². The van der Waals surface area contributed by atoms with Gasteiger partial charge in [-0.25, -0.2) is 0 Å². The van der Waals surface area contributed by atoms with Crippen LogP contribution in [-0.4, -0.2) is 39.3 Å². The maximum absolute atomic E-state index is 13.8. The van der Waals surface area contributed by atoms with Gasteiger partial charge < -0.3 is 9.13 Å². The minimum absolute atomic E-state index is 0.0871. The average molecular weight is 495 g/mol. The molecule has 0 amide bonds. The minimum Gasteiger partial charge on any atom is -0.311 e. The van der Waals surface area contributed by atoms with E-state index in [1.165, 1.54) is 10.8 Å². The number of rotatable bonds is 7. The zero-order chi connectivity index (χ0) is 23.2. The fourth-order valence-corrected chi connectivity index (χ4v) is 4.11. The standard InChI is InChI=1S/C15H19F9N2S3/c1-11(2,3)7-26-8(27)9(29-4)25(10(26)28)6-5-12(16,17)13(18,19)14(20,21)15(22,23)24/h27H,5-7H2,1-4H3. The summed E-state index contributed by atoms with van der Waals surface area (Å²) in [6.07, 6.45) is -7.30. The van der Waals surface area contributed by atoms with Gasteiger partial charge in [0, 0.05) is 19.5 Å². The largest absolute Gasteiger partial charge is 0.460 e. The summed E-state index contributed by atoms with van der Waals surface area (Å²) in [5, 5.41) is 0.442. The fourth-order valence-electron chi connectivity index (χ4n) is 2.39. The molecular weight excluding hydrogens is 475 g/mol. The molecule has 1 rings (SSSR count). The molecular formula is C15H19F9N2S3. The number of hydrogen-bond acceptors (Lipinski definition) is 3. The van der Waals surface area contributed by atoms with Gasteiger partial charge in [-0.15, -0.1) is 24.4 Å². The number of halogens is 9. The van der Waals surface area contributed by atoms with Gasteiger partial charge >= 0.3 is 23.9 Å². The van der Waals surface area contributed by atoms with Crippen LogP contribution in [0.15, 0.2) is 10.1 Å². The molecule has 1 heterocycles. The van der Waals surface area contributed by atoms with Crippen molar-refractivity contribution in [3.05, 3.63) is 4.77 Å². The SMILES string of the molecule is CSc1c(S)n(CC(C)(C)C)c(=S)n1CCC(F)(F)C(F)(F)C(F)(F)C(F)(F)F. The van der Waals surface area contributed by atoms with E-state index < -0.39 is 36.9 Å². The van der Waals surface area contributed by atoms with Crippen molar-refractivity contribution in [3.8, 4) is 0 Å². The highest BCUT2D eigenvalue weighted by atomic mass is 32.2. The molecule has 0 aliphatic heterocycles. The van der Waals surface area contributed by atoms with Crippen LogP contribution in [0.25, 0.3) is 0 Å². The molecule has 0 aliphatic carbocycles. The first-order valence-electron chi connectivity index (χ1n) is 7.97. The van der Waals surface area contributed by atoms with E-state index in [2.05, 4.69) is 12.6 Å². The predicted octanol–water partition coefficient (Wildman–Crippen LogP) is 6.93. The summed E-state index contributed by atoms with van der Waals surface area (Å²) < 4.78 is 120. The van der Waals surface area contributed by atoms with Gasteiger partial charge in [0.2, 0.25) is 0 Å². The summed E-state index contributed by atoms with van der Waals surface area (Å²) in [5.41, 5.74) is -0.330. The molecule has 0 N–H and O–H groups in total. The van der Waals surface area contributed by atoms with Crippen LogP contribution in [-0.2, 0) is 13.1 Å². The lowest BCUT2D eigenvalue weighted by atomic mass is 9.97. The van der Waals surface area contributed by atoms with Gasteiger partial charge in [-0.3, -0.25) is 0 Å². The van der Waals surface area contributed by atoms with E-state index in [1.54, 1.807) is 0 Å². The summed E-state index contributed by atoms with van der Waals surface area (Å²) >= 11 is 10.4. The van der Waals surface area contributed by atoms with Crippen LogP contribution in [0.5, 0.6) is 0 Å². The van der Waals surface area contributed by atoms with Gasteiger partial charge in [0.25, 0.3) is 0 Å². The predicted molar refractivity (Wildman–Crippen MR) is 97.3 cm³/mol. The molecule has 0 bridgehead atoms. The maximum atomic E-state index is 13.8. The topological polar surface area (TPSA) is 9.86 Å². The van der Waals surface area contributed by atoms with Crippen LogP contribution < -0.4 is 0 Å². The first-order chi connectivity index (χ1) is 12.7. The lowest BCUT2D eigenvalue weighted by molar-refractivity contribution is -0.397. The summed E-state index contributed by atoms with van der Waals surface area (Å²) in [5.74, 6) is -19.2. The molecule has 0 atom stereocenters. The molecule has 0 aromatic carbocycles. The Balaban J connectivity index is 3.29. The Bertz CT molecular complexity index is 789. The normalized spacial score (nSPS) is 14.6. The Morgan fingerprint density at radius 1 is 0.897 bits per heavy atom. The van der Waals surface area contributed by atoms with Crippen molar-refractivity contribution in [1.82, 2.24) is 9.13 Å². The Morgan fingerprint density at radius 2 is 1.38 bits per heavy atom. The Labute approximate surface area is 176 Å². The molecule has 170 valence electrons. The molecule has 0 fully saturated rings. The van der Waals surface area contributed by atoms with Gasteiger partial charge in [0.1, 0.15) is 10.1 Å². The van der Waals surface area contributed by atoms with Crippen molar-refractivity contribution in [2.75, 3.05) is 6.26 Å². The van der Waals surface area contributed by atoms with Gasteiger partial charge in [0.15, 0.2) is 4.77 Å². The smallest absolute Gasteiger partial charge is 0.311 e. The van der Waals surface area contributed by atoms with E-state index in [0.29, 0.717) is 0 Å². The highest BCUT2D eigenvalue weighted by molar-refractivity contribution is 7.99. The number of thiol groups is 1. The number of aromatic nitrogens is 2. The zero-order valence-corrected chi connectivity index (χ0v) is 18.2. The molecule has 29 heavy (non-hydrogen) atoms. The van der Waals surface area contributed by atoms with Gasteiger partial charge in [-0.1, -0.05) is 20.8 Å². The van der Waals surface area contributed by atoms with Crippen molar-refractivity contribution in [2.24, 2.45) is 5.41 Å². The van der Waals surface area contributed by atoms with E-state index in [0.717, 1.165) is 16.3 Å². The molecule has 14 heteroatoms. The third-order valence-corrected chi connectivity index (χ3v) is 5.68. The molecule has 0 spiro atoms. The van der Waals surface area contributed by atoms with E-state index in [9.17, 15) is 39.5 Å². The second-order valence-electron chi connectivity index (χ2n) is 7.51. The summed E-state index contributed by atoms with van der Waals surface area (Å²) in [6.45, 7) is 4.80. The second-order valence-corrected chi connectivity index (χ2v) is 9.10.